The number of rotatable bonds is 11. The molecule has 206 valence electrons. The average molecular weight is 569 g/mol. The van der Waals surface area contributed by atoms with Gasteiger partial charge in [-0.3, -0.25) is 9.69 Å². The number of benzene rings is 3. The first-order chi connectivity index (χ1) is 18.8. The summed E-state index contributed by atoms with van der Waals surface area (Å²) < 4.78 is 14.4. The molecule has 1 aliphatic rings. The molecule has 0 aromatic heterocycles. The molecule has 1 fully saturated rings. The number of hydrogen-bond acceptors (Lipinski definition) is 6. The van der Waals surface area contributed by atoms with Crippen LogP contribution in [-0.2, 0) is 0 Å². The van der Waals surface area contributed by atoms with E-state index in [1.54, 1.807) is 17.0 Å². The van der Waals surface area contributed by atoms with Gasteiger partial charge in [0.1, 0.15) is 5.82 Å². The highest BCUT2D eigenvalue weighted by Gasteiger charge is 2.28. The molecule has 3 aromatic carbocycles. The van der Waals surface area contributed by atoms with E-state index in [1.165, 1.54) is 6.07 Å². The van der Waals surface area contributed by atoms with Gasteiger partial charge in [0.2, 0.25) is 0 Å². The summed E-state index contributed by atoms with van der Waals surface area (Å²) in [6.07, 6.45) is 0. The lowest BCUT2D eigenvalue weighted by molar-refractivity contribution is 0.0608. The third-order valence-corrected chi connectivity index (χ3v) is 8.18. The van der Waals surface area contributed by atoms with Gasteiger partial charge in [0.25, 0.3) is 5.91 Å². The highest BCUT2D eigenvalue weighted by atomic mass is 35.5. The van der Waals surface area contributed by atoms with Crippen LogP contribution in [0.2, 0.25) is 5.02 Å². The van der Waals surface area contributed by atoms with Crippen LogP contribution in [0.5, 0.6) is 0 Å². The Bertz CT molecular complexity index is 1330. The first-order valence-corrected chi connectivity index (χ1v) is 14.2. The molecule has 1 atom stereocenters. The SMILES string of the molecule is CN/C(=C(/CN)CN(C)CNc1ccc(C(=O)N2CC(N)C2)cc1)c1ccc(Cl)cc1Pc1ccccc1F. The van der Waals surface area contributed by atoms with E-state index in [4.69, 9.17) is 23.1 Å². The van der Waals surface area contributed by atoms with Crippen LogP contribution >= 0.6 is 20.2 Å². The summed E-state index contributed by atoms with van der Waals surface area (Å²) >= 11 is 6.33. The third kappa shape index (κ3) is 7.35. The quantitative estimate of drug-likeness (QED) is 0.210. The second-order valence-corrected chi connectivity index (χ2v) is 11.4. The molecule has 1 heterocycles. The van der Waals surface area contributed by atoms with Crippen LogP contribution in [0.25, 0.3) is 5.70 Å². The van der Waals surface area contributed by atoms with Crippen molar-refractivity contribution in [2.24, 2.45) is 11.5 Å². The van der Waals surface area contributed by atoms with Crippen molar-refractivity contribution >= 4 is 48.1 Å². The Morgan fingerprint density at radius 1 is 1.13 bits per heavy atom. The number of anilines is 1. The largest absolute Gasteiger partial charge is 0.388 e. The zero-order valence-electron chi connectivity index (χ0n) is 22.2. The summed E-state index contributed by atoms with van der Waals surface area (Å²) in [7, 11) is 3.97. The molecule has 7 nitrogen and oxygen atoms in total. The van der Waals surface area contributed by atoms with E-state index in [9.17, 15) is 9.18 Å². The Labute approximate surface area is 236 Å². The van der Waals surface area contributed by atoms with Crippen LogP contribution in [-0.4, -0.2) is 68.7 Å². The van der Waals surface area contributed by atoms with E-state index >= 15 is 0 Å². The molecule has 0 bridgehead atoms. The van der Waals surface area contributed by atoms with Crippen molar-refractivity contribution in [1.29, 1.82) is 0 Å². The second-order valence-electron chi connectivity index (χ2n) is 9.62. The molecule has 1 saturated heterocycles. The summed E-state index contributed by atoms with van der Waals surface area (Å²) in [5, 5.41) is 8.90. The molecule has 0 radical (unpaired) electrons. The molecule has 0 aliphatic carbocycles. The van der Waals surface area contributed by atoms with E-state index < -0.39 is 0 Å². The molecule has 0 spiro atoms. The molecule has 1 unspecified atom stereocenters. The Balaban J connectivity index is 1.45. The van der Waals surface area contributed by atoms with Crippen LogP contribution < -0.4 is 32.7 Å². The van der Waals surface area contributed by atoms with Crippen LogP contribution in [0.3, 0.4) is 0 Å². The minimum absolute atomic E-state index is 0.00914. The molecule has 4 rings (SSSR count). The Morgan fingerprint density at radius 3 is 2.49 bits per heavy atom. The molecular formula is C29H35ClFN6OP. The number of carbonyl (C=O) groups excluding carboxylic acids is 1. The monoisotopic (exact) mass is 568 g/mol. The van der Waals surface area contributed by atoms with Gasteiger partial charge in [-0.1, -0.05) is 44.4 Å². The number of amides is 1. The van der Waals surface area contributed by atoms with Crippen LogP contribution in [0, 0.1) is 5.82 Å². The van der Waals surface area contributed by atoms with Crippen molar-refractivity contribution in [2.45, 2.75) is 6.04 Å². The molecule has 3 aromatic rings. The lowest BCUT2D eigenvalue weighted by atomic mass is 10.1. The lowest BCUT2D eigenvalue weighted by Gasteiger charge is -2.36. The zero-order chi connectivity index (χ0) is 27.9. The van der Waals surface area contributed by atoms with Gasteiger partial charge >= 0.3 is 0 Å². The van der Waals surface area contributed by atoms with Gasteiger partial charge in [-0.2, -0.15) is 0 Å². The maximum atomic E-state index is 14.4. The van der Waals surface area contributed by atoms with E-state index in [0.717, 1.165) is 27.8 Å². The van der Waals surface area contributed by atoms with Gasteiger partial charge in [0.15, 0.2) is 0 Å². The Kier molecular flexibility index (Phi) is 9.94. The molecule has 1 amide bonds. The maximum Gasteiger partial charge on any atom is 0.253 e. The number of nitrogens with zero attached hydrogens (tertiary/aromatic N) is 2. The first kappa shape index (κ1) is 29.0. The predicted molar refractivity (Wildman–Crippen MR) is 162 cm³/mol. The number of nitrogens with two attached hydrogens (primary N) is 2. The van der Waals surface area contributed by atoms with E-state index in [0.29, 0.717) is 48.7 Å². The number of halogens is 2. The maximum absolute atomic E-state index is 14.4. The molecular weight excluding hydrogens is 534 g/mol. The Morgan fingerprint density at radius 2 is 1.85 bits per heavy atom. The topological polar surface area (TPSA) is 99.6 Å². The van der Waals surface area contributed by atoms with Gasteiger partial charge in [0, 0.05) is 72.1 Å². The van der Waals surface area contributed by atoms with Crippen molar-refractivity contribution in [2.75, 3.05) is 52.3 Å². The smallest absolute Gasteiger partial charge is 0.253 e. The van der Waals surface area contributed by atoms with Gasteiger partial charge in [-0.15, -0.1) is 0 Å². The molecule has 39 heavy (non-hydrogen) atoms. The summed E-state index contributed by atoms with van der Waals surface area (Å²) in [6.45, 7) is 2.74. The van der Waals surface area contributed by atoms with Crippen LogP contribution in [0.1, 0.15) is 15.9 Å². The number of likely N-dealkylation sites (tertiary alicyclic amines) is 1. The van der Waals surface area contributed by atoms with Crippen molar-refractivity contribution in [3.63, 3.8) is 0 Å². The van der Waals surface area contributed by atoms with E-state index in [1.807, 2.05) is 62.6 Å². The van der Waals surface area contributed by atoms with Gasteiger partial charge in [0.05, 0.1) is 6.67 Å². The third-order valence-electron chi connectivity index (χ3n) is 6.59. The van der Waals surface area contributed by atoms with Crippen LogP contribution in [0.15, 0.2) is 72.3 Å². The first-order valence-electron chi connectivity index (χ1n) is 12.8. The molecule has 10 heteroatoms. The summed E-state index contributed by atoms with van der Waals surface area (Å²) in [4.78, 5) is 16.3. The number of likely N-dealkylation sites (N-methyl/N-ethyl adjacent to an activating group) is 1. The van der Waals surface area contributed by atoms with Crippen molar-refractivity contribution in [1.82, 2.24) is 15.1 Å². The lowest BCUT2D eigenvalue weighted by Crippen LogP contribution is -2.57. The zero-order valence-corrected chi connectivity index (χ0v) is 23.9. The minimum Gasteiger partial charge on any atom is -0.388 e. The second kappa shape index (κ2) is 13.4. The molecule has 0 saturated carbocycles. The highest BCUT2D eigenvalue weighted by molar-refractivity contribution is 7.55. The fourth-order valence-corrected chi connectivity index (χ4v) is 6.00. The summed E-state index contributed by atoms with van der Waals surface area (Å²) in [5.74, 6) is -0.224. The van der Waals surface area contributed by atoms with Crippen molar-refractivity contribution in [3.05, 3.63) is 94.3 Å². The summed E-state index contributed by atoms with van der Waals surface area (Å²) in [6, 6.07) is 20.1. The van der Waals surface area contributed by atoms with Gasteiger partial charge in [-0.25, -0.2) is 4.39 Å². The fraction of sp³-hybridized carbons (Fsp3) is 0.276. The number of nitrogens with one attached hydrogen (secondary N) is 2. The summed E-state index contributed by atoms with van der Waals surface area (Å²) in [5.41, 5.74) is 16.5. The molecule has 6 N–H and O–H groups in total. The van der Waals surface area contributed by atoms with Gasteiger partial charge in [-0.05, 0) is 60.4 Å². The standard InChI is InChI=1S/C29H35ClFN6OP/c1-34-28(24-12-9-21(30)13-27(24)39-26-6-4-3-5-25(26)31)20(14-32)15-36(2)18-35-23-10-7-19(8-11-23)29(38)37-16-22(33)17-37/h3-13,22,34-35,39H,14-18,32-33H2,1-2H3/b28-20-. The van der Waals surface area contributed by atoms with Crippen molar-refractivity contribution in [3.8, 4) is 0 Å². The highest BCUT2D eigenvalue weighted by Crippen LogP contribution is 2.25. The minimum atomic E-state index is -0.233. The van der Waals surface area contributed by atoms with Gasteiger partial charge < -0.3 is 27.0 Å². The fourth-order valence-electron chi connectivity index (χ4n) is 4.49. The average Bonchev–Trinajstić information content (AvgIpc) is 2.92. The van der Waals surface area contributed by atoms with Crippen LogP contribution in [0.4, 0.5) is 10.1 Å². The predicted octanol–water partition coefficient (Wildman–Crippen LogP) is 2.78. The number of hydrogen-bond donors (Lipinski definition) is 4. The number of carbonyl (C=O) groups is 1. The Hall–Kier alpha value is -3.00. The van der Waals surface area contributed by atoms with Crippen molar-refractivity contribution < 1.29 is 9.18 Å². The van der Waals surface area contributed by atoms with E-state index in [-0.39, 0.29) is 26.3 Å². The normalized spacial score (nSPS) is 14.5. The van der Waals surface area contributed by atoms with E-state index in [2.05, 4.69) is 15.5 Å². The molecule has 1 aliphatic heterocycles.